The number of carbonyl (C=O) groups excluding carboxylic acids is 1. The third-order valence-electron chi connectivity index (χ3n) is 2.31. The molecule has 0 aliphatic rings. The van der Waals surface area contributed by atoms with Gasteiger partial charge in [0.25, 0.3) is 5.91 Å². The molecule has 0 saturated heterocycles. The largest absolute Gasteiger partial charge is 0.742 e. The fourth-order valence-corrected chi connectivity index (χ4v) is 1.79. The summed E-state index contributed by atoms with van der Waals surface area (Å²) in [6.45, 7) is 0. The van der Waals surface area contributed by atoms with Gasteiger partial charge in [0, 0.05) is 5.56 Å². The predicted octanol–water partition coefficient (Wildman–Crippen LogP) is 1.09. The molecule has 0 saturated carbocycles. The molecule has 1 aromatic heterocycles. The highest BCUT2D eigenvalue weighted by Gasteiger charge is 2.07. The van der Waals surface area contributed by atoms with E-state index in [1.54, 1.807) is 0 Å². The third-order valence-corrected chi connectivity index (χ3v) is 3.03. The summed E-state index contributed by atoms with van der Waals surface area (Å²) in [6, 6.07) is 6.97. The van der Waals surface area contributed by atoms with Crippen molar-refractivity contribution in [2.24, 2.45) is 5.10 Å². The average molecular weight is 311 g/mol. The summed E-state index contributed by atoms with van der Waals surface area (Å²) in [7, 11) is -4.67. The molecule has 0 radical (unpaired) electrons. The van der Waals surface area contributed by atoms with E-state index in [0.29, 0.717) is 0 Å². The van der Waals surface area contributed by atoms with Crippen molar-refractivity contribution in [2.45, 2.75) is 5.09 Å². The fourth-order valence-electron chi connectivity index (χ4n) is 1.36. The molecule has 2 aromatic rings. The molecule has 21 heavy (non-hydrogen) atoms. The SMILES string of the molecule is O=C(N/N=C\c1ccc(S(=O)(=O)[O-])o1)c1ccc(F)cc1. The second-order valence-corrected chi connectivity index (χ2v) is 5.13. The predicted molar refractivity (Wildman–Crippen MR) is 68.1 cm³/mol. The molecule has 9 heteroatoms. The molecule has 110 valence electrons. The van der Waals surface area contributed by atoms with Gasteiger partial charge in [-0.3, -0.25) is 4.79 Å². The van der Waals surface area contributed by atoms with E-state index in [0.717, 1.165) is 24.4 Å². The Hall–Kier alpha value is -2.52. The van der Waals surface area contributed by atoms with Crippen LogP contribution in [0.5, 0.6) is 0 Å². The van der Waals surface area contributed by atoms with E-state index >= 15 is 0 Å². The number of hydrogen-bond donors (Lipinski definition) is 1. The maximum Gasteiger partial charge on any atom is 0.271 e. The van der Waals surface area contributed by atoms with Gasteiger partial charge in [-0.15, -0.1) is 0 Å². The molecule has 1 heterocycles. The number of nitrogens with one attached hydrogen (secondary N) is 1. The number of rotatable bonds is 4. The van der Waals surface area contributed by atoms with Gasteiger partial charge in [-0.05, 0) is 36.4 Å². The molecule has 0 aliphatic carbocycles. The summed E-state index contributed by atoms with van der Waals surface area (Å²) in [6.07, 6.45) is 1.02. The van der Waals surface area contributed by atoms with Crippen LogP contribution < -0.4 is 5.43 Å². The van der Waals surface area contributed by atoms with Crippen LogP contribution in [-0.4, -0.2) is 25.1 Å². The van der Waals surface area contributed by atoms with Crippen molar-refractivity contribution in [3.63, 3.8) is 0 Å². The molecule has 1 amide bonds. The van der Waals surface area contributed by atoms with Crippen molar-refractivity contribution in [3.8, 4) is 0 Å². The standard InChI is InChI=1S/C12H9FN2O5S/c13-9-3-1-8(2-4-9)12(16)15-14-7-10-5-6-11(20-10)21(17,18)19/h1-7H,(H,15,16)(H,17,18,19)/p-1/b14-7-. The smallest absolute Gasteiger partial charge is 0.271 e. The molecule has 0 spiro atoms. The van der Waals surface area contributed by atoms with E-state index in [2.05, 4.69) is 10.5 Å². The Labute approximate surface area is 118 Å². The molecule has 1 aromatic carbocycles. The lowest BCUT2D eigenvalue weighted by Crippen LogP contribution is -2.17. The van der Waals surface area contributed by atoms with Gasteiger partial charge in [0.05, 0.1) is 6.21 Å². The van der Waals surface area contributed by atoms with E-state index in [4.69, 9.17) is 4.42 Å². The number of furan rings is 1. The summed E-state index contributed by atoms with van der Waals surface area (Å²) in [5.41, 5.74) is 2.33. The lowest BCUT2D eigenvalue weighted by Gasteiger charge is -2.00. The van der Waals surface area contributed by atoms with Crippen LogP contribution in [-0.2, 0) is 10.1 Å². The molecular formula is C12H8FN2O5S-. The Balaban J connectivity index is 2.01. The molecule has 0 atom stereocenters. The summed E-state index contributed by atoms with van der Waals surface area (Å²) in [5, 5.41) is 2.78. The third kappa shape index (κ3) is 3.97. The maximum absolute atomic E-state index is 12.7. The first-order valence-electron chi connectivity index (χ1n) is 5.51. The summed E-state index contributed by atoms with van der Waals surface area (Å²) in [5.74, 6) is -1.09. The summed E-state index contributed by atoms with van der Waals surface area (Å²) in [4.78, 5) is 11.6. The molecule has 0 bridgehead atoms. The van der Waals surface area contributed by atoms with Crippen molar-refractivity contribution in [1.29, 1.82) is 0 Å². The van der Waals surface area contributed by atoms with Gasteiger partial charge < -0.3 is 8.97 Å². The molecule has 0 aliphatic heterocycles. The van der Waals surface area contributed by atoms with Crippen molar-refractivity contribution in [2.75, 3.05) is 0 Å². The number of carbonyl (C=O) groups is 1. The quantitative estimate of drug-likeness (QED) is 0.516. The van der Waals surface area contributed by atoms with Crippen LogP contribution in [0.2, 0.25) is 0 Å². The van der Waals surface area contributed by atoms with Crippen LogP contribution in [0.3, 0.4) is 0 Å². The number of hydrogen-bond acceptors (Lipinski definition) is 6. The average Bonchev–Trinajstić information content (AvgIpc) is 2.88. The van der Waals surface area contributed by atoms with Gasteiger partial charge in [-0.1, -0.05) is 0 Å². The lowest BCUT2D eigenvalue weighted by atomic mass is 10.2. The van der Waals surface area contributed by atoms with Gasteiger partial charge >= 0.3 is 0 Å². The Bertz CT molecular complexity index is 780. The monoisotopic (exact) mass is 311 g/mol. The van der Waals surface area contributed by atoms with Crippen LogP contribution in [0.1, 0.15) is 16.1 Å². The van der Waals surface area contributed by atoms with Gasteiger partial charge in [-0.2, -0.15) is 5.10 Å². The van der Waals surface area contributed by atoms with Crippen molar-refractivity contribution in [1.82, 2.24) is 5.43 Å². The zero-order valence-corrected chi connectivity index (χ0v) is 11.1. The van der Waals surface area contributed by atoms with Crippen molar-refractivity contribution >= 4 is 22.2 Å². The number of hydrazone groups is 1. The van der Waals surface area contributed by atoms with E-state index in [-0.39, 0.29) is 11.3 Å². The highest BCUT2D eigenvalue weighted by molar-refractivity contribution is 7.85. The Kier molecular flexibility index (Phi) is 4.15. The Morgan fingerprint density at radius 2 is 1.90 bits per heavy atom. The molecule has 7 nitrogen and oxygen atoms in total. The van der Waals surface area contributed by atoms with E-state index in [1.807, 2.05) is 0 Å². The van der Waals surface area contributed by atoms with Crippen molar-refractivity contribution < 1.29 is 26.6 Å². The van der Waals surface area contributed by atoms with Crippen LogP contribution in [0.4, 0.5) is 4.39 Å². The number of halogens is 1. The van der Waals surface area contributed by atoms with Crippen LogP contribution >= 0.6 is 0 Å². The minimum atomic E-state index is -4.67. The van der Waals surface area contributed by atoms with Gasteiger partial charge in [0.15, 0.2) is 10.1 Å². The van der Waals surface area contributed by atoms with Gasteiger partial charge in [-0.25, -0.2) is 18.2 Å². The van der Waals surface area contributed by atoms with E-state index < -0.39 is 26.9 Å². The van der Waals surface area contributed by atoms with Crippen LogP contribution in [0.25, 0.3) is 0 Å². The van der Waals surface area contributed by atoms with E-state index in [9.17, 15) is 22.2 Å². The molecule has 1 N–H and O–H groups in total. The Morgan fingerprint density at radius 1 is 1.24 bits per heavy atom. The first kappa shape index (κ1) is 14.9. The maximum atomic E-state index is 12.7. The minimum absolute atomic E-state index is 0.0242. The van der Waals surface area contributed by atoms with Crippen molar-refractivity contribution in [3.05, 3.63) is 53.5 Å². The first-order valence-corrected chi connectivity index (χ1v) is 6.92. The van der Waals surface area contributed by atoms with Gasteiger partial charge in [0.2, 0.25) is 5.09 Å². The highest BCUT2D eigenvalue weighted by Crippen LogP contribution is 2.11. The Morgan fingerprint density at radius 3 is 2.48 bits per heavy atom. The minimum Gasteiger partial charge on any atom is -0.742 e. The normalized spacial score (nSPS) is 11.7. The fraction of sp³-hybridized carbons (Fsp3) is 0. The zero-order chi connectivity index (χ0) is 15.5. The zero-order valence-electron chi connectivity index (χ0n) is 10.3. The van der Waals surface area contributed by atoms with Gasteiger partial charge in [0.1, 0.15) is 11.6 Å². The topological polar surface area (TPSA) is 112 Å². The molecule has 0 unspecified atom stereocenters. The second-order valence-electron chi connectivity index (χ2n) is 3.82. The first-order chi connectivity index (χ1) is 9.86. The van der Waals surface area contributed by atoms with E-state index in [1.165, 1.54) is 18.2 Å². The number of amides is 1. The lowest BCUT2D eigenvalue weighted by molar-refractivity contribution is 0.0955. The molecule has 0 fully saturated rings. The van der Waals surface area contributed by atoms with Crippen LogP contribution in [0.15, 0.2) is 51.0 Å². The number of nitrogens with zero attached hydrogens (tertiary/aromatic N) is 1. The van der Waals surface area contributed by atoms with Crippen LogP contribution in [0, 0.1) is 5.82 Å². The second kappa shape index (κ2) is 5.85. The molecular weight excluding hydrogens is 303 g/mol. The number of benzene rings is 1. The molecule has 2 rings (SSSR count). The summed E-state index contributed by atoms with van der Waals surface area (Å²) >= 11 is 0. The summed E-state index contributed by atoms with van der Waals surface area (Å²) < 4.78 is 49.3. The highest BCUT2D eigenvalue weighted by atomic mass is 32.2.